The largest absolute Gasteiger partial charge is 0.411 e. The van der Waals surface area contributed by atoms with Crippen LogP contribution in [-0.2, 0) is 4.74 Å². The molecule has 1 aliphatic rings. The van der Waals surface area contributed by atoms with E-state index < -0.39 is 12.8 Å². The molecule has 1 rings (SSSR count). The first-order valence-corrected chi connectivity index (χ1v) is 5.43. The maximum atomic E-state index is 11.6. The Balaban J connectivity index is 1.72. The minimum absolute atomic E-state index is 0.177. The summed E-state index contributed by atoms with van der Waals surface area (Å²) in [6, 6.07) is 0. The second-order valence-electron chi connectivity index (χ2n) is 4.00. The summed E-state index contributed by atoms with van der Waals surface area (Å²) < 4.78 is 39.4. The predicted molar refractivity (Wildman–Crippen MR) is 51.7 cm³/mol. The lowest BCUT2D eigenvalue weighted by Gasteiger charge is -2.07. The molecule has 0 aliphatic heterocycles. The fourth-order valence-corrected chi connectivity index (χ4v) is 1.32. The Kier molecular flexibility index (Phi) is 5.39. The monoisotopic (exact) mass is 225 g/mol. The van der Waals surface area contributed by atoms with Crippen molar-refractivity contribution < 1.29 is 17.9 Å². The van der Waals surface area contributed by atoms with E-state index in [2.05, 4.69) is 10.1 Å². The van der Waals surface area contributed by atoms with Crippen molar-refractivity contribution in [1.82, 2.24) is 5.32 Å². The first-order valence-electron chi connectivity index (χ1n) is 5.43. The SMILES string of the molecule is FC(F)(F)COCCCNCCC1CC1. The summed E-state index contributed by atoms with van der Waals surface area (Å²) in [5, 5.41) is 3.19. The molecule has 0 unspecified atom stereocenters. The van der Waals surface area contributed by atoms with Gasteiger partial charge in [0.2, 0.25) is 0 Å². The van der Waals surface area contributed by atoms with Crippen molar-refractivity contribution in [2.75, 3.05) is 26.3 Å². The quantitative estimate of drug-likeness (QED) is 0.640. The maximum absolute atomic E-state index is 11.6. The Morgan fingerprint density at radius 1 is 1.20 bits per heavy atom. The third-order valence-electron chi connectivity index (χ3n) is 2.33. The van der Waals surface area contributed by atoms with Gasteiger partial charge in [-0.1, -0.05) is 12.8 Å². The second-order valence-corrected chi connectivity index (χ2v) is 4.00. The fraction of sp³-hybridized carbons (Fsp3) is 1.00. The first-order chi connectivity index (χ1) is 7.08. The molecule has 0 radical (unpaired) electrons. The Labute approximate surface area is 88.2 Å². The highest BCUT2D eigenvalue weighted by Gasteiger charge is 2.27. The summed E-state index contributed by atoms with van der Waals surface area (Å²) >= 11 is 0. The van der Waals surface area contributed by atoms with Gasteiger partial charge in [-0.2, -0.15) is 13.2 Å². The van der Waals surface area contributed by atoms with Gasteiger partial charge in [-0.25, -0.2) is 0 Å². The normalized spacial score (nSPS) is 17.0. The van der Waals surface area contributed by atoms with Crippen molar-refractivity contribution in [2.24, 2.45) is 5.92 Å². The van der Waals surface area contributed by atoms with Crippen molar-refractivity contribution in [1.29, 1.82) is 0 Å². The maximum Gasteiger partial charge on any atom is 0.411 e. The zero-order valence-electron chi connectivity index (χ0n) is 8.78. The summed E-state index contributed by atoms with van der Waals surface area (Å²) in [7, 11) is 0. The van der Waals surface area contributed by atoms with Crippen LogP contribution in [0, 0.1) is 5.92 Å². The molecule has 15 heavy (non-hydrogen) atoms. The molecule has 90 valence electrons. The van der Waals surface area contributed by atoms with Crippen LogP contribution in [0.5, 0.6) is 0 Å². The number of rotatable bonds is 8. The van der Waals surface area contributed by atoms with Gasteiger partial charge in [-0.15, -0.1) is 0 Å². The standard InChI is InChI=1S/C10H18F3NO/c11-10(12,13)8-15-7-1-5-14-6-4-9-2-3-9/h9,14H,1-8H2. The summed E-state index contributed by atoms with van der Waals surface area (Å²) in [5.41, 5.74) is 0. The van der Waals surface area contributed by atoms with Crippen LogP contribution in [0.2, 0.25) is 0 Å². The third kappa shape index (κ3) is 8.69. The van der Waals surface area contributed by atoms with E-state index in [1.165, 1.54) is 19.3 Å². The van der Waals surface area contributed by atoms with E-state index in [0.29, 0.717) is 6.42 Å². The van der Waals surface area contributed by atoms with E-state index in [4.69, 9.17) is 0 Å². The molecule has 1 saturated carbocycles. The lowest BCUT2D eigenvalue weighted by Crippen LogP contribution is -2.21. The van der Waals surface area contributed by atoms with E-state index >= 15 is 0 Å². The van der Waals surface area contributed by atoms with Crippen molar-refractivity contribution in [3.8, 4) is 0 Å². The molecule has 0 heterocycles. The van der Waals surface area contributed by atoms with Crippen molar-refractivity contribution >= 4 is 0 Å². The molecule has 0 aromatic heterocycles. The minimum atomic E-state index is -4.20. The Bertz CT molecular complexity index is 169. The van der Waals surface area contributed by atoms with Crippen molar-refractivity contribution in [2.45, 2.75) is 31.9 Å². The number of halogens is 3. The van der Waals surface area contributed by atoms with Gasteiger partial charge < -0.3 is 10.1 Å². The van der Waals surface area contributed by atoms with Crippen molar-refractivity contribution in [3.63, 3.8) is 0 Å². The van der Waals surface area contributed by atoms with Crippen molar-refractivity contribution in [3.05, 3.63) is 0 Å². The number of hydrogen-bond donors (Lipinski definition) is 1. The molecule has 5 heteroatoms. The van der Waals surface area contributed by atoms with Gasteiger partial charge in [-0.05, 0) is 31.8 Å². The summed E-state index contributed by atoms with van der Waals surface area (Å²) in [6.07, 6.45) is 0.330. The lowest BCUT2D eigenvalue weighted by molar-refractivity contribution is -0.173. The van der Waals surface area contributed by atoms with Gasteiger partial charge >= 0.3 is 6.18 Å². The number of hydrogen-bond acceptors (Lipinski definition) is 2. The highest BCUT2D eigenvalue weighted by Crippen LogP contribution is 2.31. The van der Waals surface area contributed by atoms with Crippen LogP contribution in [0.3, 0.4) is 0 Å². The van der Waals surface area contributed by atoms with Gasteiger partial charge in [0.25, 0.3) is 0 Å². The van der Waals surface area contributed by atoms with Crippen LogP contribution >= 0.6 is 0 Å². The van der Waals surface area contributed by atoms with E-state index in [0.717, 1.165) is 19.0 Å². The average molecular weight is 225 g/mol. The molecule has 0 saturated heterocycles. The minimum Gasteiger partial charge on any atom is -0.372 e. The molecule has 0 atom stereocenters. The smallest absolute Gasteiger partial charge is 0.372 e. The lowest BCUT2D eigenvalue weighted by atomic mass is 10.3. The van der Waals surface area contributed by atoms with Gasteiger partial charge in [-0.3, -0.25) is 0 Å². The van der Waals surface area contributed by atoms with E-state index in [1.807, 2.05) is 0 Å². The summed E-state index contributed by atoms with van der Waals surface area (Å²) in [5.74, 6) is 0.902. The second kappa shape index (κ2) is 6.33. The molecule has 0 bridgehead atoms. The van der Waals surface area contributed by atoms with E-state index in [1.54, 1.807) is 0 Å². The summed E-state index contributed by atoms with van der Waals surface area (Å²) in [4.78, 5) is 0. The fourth-order valence-electron chi connectivity index (χ4n) is 1.32. The number of nitrogens with one attached hydrogen (secondary N) is 1. The highest BCUT2D eigenvalue weighted by atomic mass is 19.4. The van der Waals surface area contributed by atoms with Crippen LogP contribution in [0.15, 0.2) is 0 Å². The topological polar surface area (TPSA) is 21.3 Å². The van der Waals surface area contributed by atoms with Crippen LogP contribution in [-0.4, -0.2) is 32.5 Å². The molecule has 1 N–H and O–H groups in total. The van der Waals surface area contributed by atoms with Gasteiger partial charge in [0.1, 0.15) is 6.61 Å². The van der Waals surface area contributed by atoms with E-state index in [-0.39, 0.29) is 6.61 Å². The van der Waals surface area contributed by atoms with Crippen LogP contribution in [0.25, 0.3) is 0 Å². The van der Waals surface area contributed by atoms with Gasteiger partial charge in [0, 0.05) is 6.61 Å². The van der Waals surface area contributed by atoms with E-state index in [9.17, 15) is 13.2 Å². The first kappa shape index (κ1) is 12.8. The highest BCUT2D eigenvalue weighted by molar-refractivity contribution is 4.73. The molecular weight excluding hydrogens is 207 g/mol. The molecule has 2 nitrogen and oxygen atoms in total. The van der Waals surface area contributed by atoms with Gasteiger partial charge in [0.15, 0.2) is 0 Å². The molecule has 0 amide bonds. The third-order valence-corrected chi connectivity index (χ3v) is 2.33. The van der Waals surface area contributed by atoms with Crippen LogP contribution in [0.4, 0.5) is 13.2 Å². The molecule has 1 aliphatic carbocycles. The molecule has 0 aromatic carbocycles. The van der Waals surface area contributed by atoms with Crippen LogP contribution in [0.1, 0.15) is 25.7 Å². The predicted octanol–water partition coefficient (Wildman–Crippen LogP) is 2.35. The van der Waals surface area contributed by atoms with Gasteiger partial charge in [0.05, 0.1) is 0 Å². The molecule has 0 spiro atoms. The van der Waals surface area contributed by atoms with Crippen LogP contribution < -0.4 is 5.32 Å². The number of ether oxygens (including phenoxy) is 1. The zero-order valence-corrected chi connectivity index (χ0v) is 8.78. The molecular formula is C10H18F3NO. The average Bonchev–Trinajstić information content (AvgIpc) is 2.91. The molecule has 1 fully saturated rings. The number of alkyl halides is 3. The molecule has 0 aromatic rings. The Morgan fingerprint density at radius 2 is 1.93 bits per heavy atom. The Morgan fingerprint density at radius 3 is 2.53 bits per heavy atom. The summed E-state index contributed by atoms with van der Waals surface area (Å²) in [6.45, 7) is 0.763. The Hall–Kier alpha value is -0.290. The zero-order chi connectivity index (χ0) is 11.1.